The van der Waals surface area contributed by atoms with Crippen LogP contribution >= 0.6 is 11.3 Å². The lowest BCUT2D eigenvalue weighted by molar-refractivity contribution is -0.0736. The van der Waals surface area contributed by atoms with Gasteiger partial charge >= 0.3 is 0 Å². The van der Waals surface area contributed by atoms with E-state index in [-0.39, 0.29) is 5.60 Å². The molecule has 2 aromatic heterocycles. The van der Waals surface area contributed by atoms with Gasteiger partial charge in [-0.15, -0.1) is 11.3 Å². The monoisotopic (exact) mass is 287 g/mol. The van der Waals surface area contributed by atoms with E-state index in [4.69, 9.17) is 4.74 Å². The fourth-order valence-electron chi connectivity index (χ4n) is 3.25. The fraction of sp³-hybridized carbons (Fsp3) is 0.467. The Bertz CT molecular complexity index is 590. The molecule has 1 fully saturated rings. The van der Waals surface area contributed by atoms with Crippen LogP contribution in [0.5, 0.6) is 0 Å². The van der Waals surface area contributed by atoms with E-state index in [1.165, 1.54) is 10.4 Å². The van der Waals surface area contributed by atoms with Crippen molar-refractivity contribution in [2.45, 2.75) is 24.9 Å². The summed E-state index contributed by atoms with van der Waals surface area (Å²) >= 11 is 1.85. The predicted molar refractivity (Wildman–Crippen MR) is 79.1 cm³/mol. The summed E-state index contributed by atoms with van der Waals surface area (Å²) in [6.07, 6.45) is 6.73. The first kappa shape index (κ1) is 12.3. The summed E-state index contributed by atoms with van der Waals surface area (Å²) in [7, 11) is 0. The molecule has 20 heavy (non-hydrogen) atoms. The van der Waals surface area contributed by atoms with Crippen molar-refractivity contribution in [2.75, 3.05) is 24.6 Å². The first-order chi connectivity index (χ1) is 9.87. The minimum Gasteiger partial charge on any atom is -0.369 e. The summed E-state index contributed by atoms with van der Waals surface area (Å²) in [5, 5.41) is 2.20. The Balaban J connectivity index is 1.56. The van der Waals surface area contributed by atoms with Gasteiger partial charge in [-0.05, 0) is 42.3 Å². The van der Waals surface area contributed by atoms with Gasteiger partial charge in [-0.1, -0.05) is 0 Å². The molecule has 2 aliphatic heterocycles. The number of hydrogen-bond acceptors (Lipinski definition) is 5. The number of hydrogen-bond donors (Lipinski definition) is 0. The van der Waals surface area contributed by atoms with E-state index in [0.29, 0.717) is 0 Å². The molecule has 4 heterocycles. The lowest BCUT2D eigenvalue weighted by atomic mass is 9.85. The SMILES string of the molecule is c1cnc(N2CCC3(CC2)OCCc2ccsc23)nc1. The van der Waals surface area contributed by atoms with Crippen LogP contribution in [0.25, 0.3) is 0 Å². The molecular formula is C15H17N3OS. The van der Waals surface area contributed by atoms with Gasteiger partial charge in [0.15, 0.2) is 0 Å². The normalized spacial score (nSPS) is 20.9. The van der Waals surface area contributed by atoms with Crippen LogP contribution < -0.4 is 4.90 Å². The Morgan fingerprint density at radius 2 is 2.00 bits per heavy atom. The second-order valence-corrected chi connectivity index (χ2v) is 6.32. The second-order valence-electron chi connectivity index (χ2n) is 5.40. The maximum Gasteiger partial charge on any atom is 0.225 e. The molecule has 2 aliphatic rings. The molecule has 1 spiro atoms. The van der Waals surface area contributed by atoms with Crippen LogP contribution in [0.2, 0.25) is 0 Å². The standard InChI is InChI=1S/C15H17N3OS/c1-6-16-14(17-7-1)18-8-4-15(5-9-18)13-12(2-10-19-15)3-11-20-13/h1,3,6-7,11H,2,4-5,8-10H2. The van der Waals surface area contributed by atoms with Gasteiger partial charge in [0.2, 0.25) is 5.95 Å². The molecule has 0 aliphatic carbocycles. The molecule has 4 nitrogen and oxygen atoms in total. The fourth-order valence-corrected chi connectivity index (χ4v) is 4.42. The summed E-state index contributed by atoms with van der Waals surface area (Å²) in [4.78, 5) is 12.4. The van der Waals surface area contributed by atoms with E-state index >= 15 is 0 Å². The molecule has 104 valence electrons. The molecule has 0 bridgehead atoms. The van der Waals surface area contributed by atoms with Gasteiger partial charge in [0.1, 0.15) is 5.60 Å². The molecule has 1 saturated heterocycles. The Kier molecular flexibility index (Phi) is 2.97. The van der Waals surface area contributed by atoms with Gasteiger partial charge in [0.25, 0.3) is 0 Å². The highest BCUT2D eigenvalue weighted by Gasteiger charge is 2.42. The quantitative estimate of drug-likeness (QED) is 0.808. The van der Waals surface area contributed by atoms with Gasteiger partial charge in [-0.3, -0.25) is 0 Å². The molecule has 0 unspecified atom stereocenters. The number of aromatic nitrogens is 2. The highest BCUT2D eigenvalue weighted by Crippen LogP contribution is 2.44. The van der Waals surface area contributed by atoms with E-state index in [1.54, 1.807) is 12.4 Å². The summed E-state index contributed by atoms with van der Waals surface area (Å²) in [6, 6.07) is 4.12. The third kappa shape index (κ3) is 1.93. The van der Waals surface area contributed by atoms with Crippen molar-refractivity contribution in [3.8, 4) is 0 Å². The Morgan fingerprint density at radius 1 is 1.20 bits per heavy atom. The molecule has 0 atom stereocenters. The van der Waals surface area contributed by atoms with Crippen LogP contribution in [0.15, 0.2) is 29.9 Å². The number of rotatable bonds is 1. The number of thiophene rings is 1. The summed E-state index contributed by atoms with van der Waals surface area (Å²) in [5.41, 5.74) is 1.44. The molecule has 2 aromatic rings. The number of fused-ring (bicyclic) bond motifs is 2. The summed E-state index contributed by atoms with van der Waals surface area (Å²) < 4.78 is 6.22. The predicted octanol–water partition coefficient (Wildman–Crippen LogP) is 2.61. The van der Waals surface area contributed by atoms with Gasteiger partial charge < -0.3 is 9.64 Å². The largest absolute Gasteiger partial charge is 0.369 e. The molecule has 0 aromatic carbocycles. The van der Waals surface area contributed by atoms with E-state index in [9.17, 15) is 0 Å². The third-order valence-corrected chi connectivity index (χ3v) is 5.46. The van der Waals surface area contributed by atoms with Crippen molar-refractivity contribution in [1.82, 2.24) is 9.97 Å². The average Bonchev–Trinajstić information content (AvgIpc) is 2.99. The van der Waals surface area contributed by atoms with Crippen molar-refractivity contribution >= 4 is 17.3 Å². The van der Waals surface area contributed by atoms with E-state index in [2.05, 4.69) is 26.3 Å². The van der Waals surface area contributed by atoms with Gasteiger partial charge in [-0.25, -0.2) is 9.97 Å². The number of anilines is 1. The van der Waals surface area contributed by atoms with Gasteiger partial charge in [-0.2, -0.15) is 0 Å². The van der Waals surface area contributed by atoms with Crippen LogP contribution in [0.1, 0.15) is 23.3 Å². The summed E-state index contributed by atoms with van der Waals surface area (Å²) in [5.74, 6) is 0.838. The zero-order valence-corrected chi connectivity index (χ0v) is 12.1. The maximum atomic E-state index is 6.22. The van der Waals surface area contributed by atoms with Crippen LogP contribution in [-0.4, -0.2) is 29.7 Å². The maximum absolute atomic E-state index is 6.22. The van der Waals surface area contributed by atoms with Crippen molar-refractivity contribution in [2.24, 2.45) is 0 Å². The van der Waals surface area contributed by atoms with E-state index < -0.39 is 0 Å². The van der Waals surface area contributed by atoms with Crippen molar-refractivity contribution in [3.63, 3.8) is 0 Å². The third-order valence-electron chi connectivity index (χ3n) is 4.32. The smallest absolute Gasteiger partial charge is 0.225 e. The minimum absolute atomic E-state index is 0.0486. The Morgan fingerprint density at radius 3 is 2.80 bits per heavy atom. The zero-order chi connectivity index (χ0) is 13.4. The van der Waals surface area contributed by atoms with Crippen LogP contribution in [0, 0.1) is 0 Å². The first-order valence-corrected chi connectivity index (χ1v) is 7.98. The lowest BCUT2D eigenvalue weighted by Gasteiger charge is -2.43. The number of ether oxygens (including phenoxy) is 1. The lowest BCUT2D eigenvalue weighted by Crippen LogP contribution is -2.46. The highest BCUT2D eigenvalue weighted by atomic mass is 32.1. The molecule has 0 saturated carbocycles. The topological polar surface area (TPSA) is 38.2 Å². The zero-order valence-electron chi connectivity index (χ0n) is 11.3. The molecule has 0 radical (unpaired) electrons. The molecular weight excluding hydrogens is 270 g/mol. The summed E-state index contributed by atoms with van der Waals surface area (Å²) in [6.45, 7) is 2.77. The molecule has 0 N–H and O–H groups in total. The van der Waals surface area contributed by atoms with Crippen LogP contribution in [-0.2, 0) is 16.8 Å². The van der Waals surface area contributed by atoms with E-state index in [1.807, 2.05) is 17.4 Å². The first-order valence-electron chi connectivity index (χ1n) is 7.10. The Hall–Kier alpha value is -1.46. The Labute approximate surface area is 122 Å². The number of piperidine rings is 1. The molecule has 4 rings (SSSR count). The highest BCUT2D eigenvalue weighted by molar-refractivity contribution is 7.10. The average molecular weight is 287 g/mol. The van der Waals surface area contributed by atoms with Gasteiger partial charge in [0.05, 0.1) is 6.61 Å². The van der Waals surface area contributed by atoms with Crippen LogP contribution in [0.3, 0.4) is 0 Å². The number of nitrogens with zero attached hydrogens (tertiary/aromatic N) is 3. The minimum atomic E-state index is -0.0486. The van der Waals surface area contributed by atoms with Gasteiger partial charge in [0, 0.05) is 30.4 Å². The molecule has 0 amide bonds. The van der Waals surface area contributed by atoms with Crippen molar-refractivity contribution < 1.29 is 4.74 Å². The van der Waals surface area contributed by atoms with Crippen molar-refractivity contribution in [1.29, 1.82) is 0 Å². The van der Waals surface area contributed by atoms with Crippen molar-refractivity contribution in [3.05, 3.63) is 40.3 Å². The van der Waals surface area contributed by atoms with Crippen LogP contribution in [0.4, 0.5) is 5.95 Å². The molecule has 5 heteroatoms. The second kappa shape index (κ2) is 4.82. The van der Waals surface area contributed by atoms with E-state index in [0.717, 1.165) is 44.9 Å².